The summed E-state index contributed by atoms with van der Waals surface area (Å²) in [5.41, 5.74) is 5.62. The molecule has 3 N–H and O–H groups in total. The summed E-state index contributed by atoms with van der Waals surface area (Å²) in [6.45, 7) is 0.882. The van der Waals surface area contributed by atoms with Crippen LogP contribution in [0.25, 0.3) is 0 Å². The molecule has 0 bridgehead atoms. The summed E-state index contributed by atoms with van der Waals surface area (Å²) in [5.74, 6) is -0.850. The fourth-order valence-corrected chi connectivity index (χ4v) is 2.09. The van der Waals surface area contributed by atoms with Crippen LogP contribution in [-0.4, -0.2) is 48.7 Å². The number of amides is 1. The lowest BCUT2D eigenvalue weighted by Gasteiger charge is -2.22. The first-order chi connectivity index (χ1) is 10.0. The van der Waals surface area contributed by atoms with Crippen LogP contribution in [0.5, 0.6) is 0 Å². The number of oxime groups is 1. The predicted molar refractivity (Wildman–Crippen MR) is 79.9 cm³/mol. The second-order valence-electron chi connectivity index (χ2n) is 4.23. The Labute approximate surface area is 130 Å². The lowest BCUT2D eigenvalue weighted by atomic mass is 10.2. The fourth-order valence-electron chi connectivity index (χ4n) is 1.66. The molecule has 6 nitrogen and oxygen atoms in total. The molecule has 0 radical (unpaired) electrons. The Hall–Kier alpha value is -1.67. The zero-order valence-electron chi connectivity index (χ0n) is 11.6. The molecule has 8 heteroatoms. The molecule has 1 aromatic carbocycles. The monoisotopic (exact) mass is 361 g/mol. The van der Waals surface area contributed by atoms with Crippen LogP contribution in [0.1, 0.15) is 16.8 Å². The fraction of sp³-hybridized carbons (Fsp3) is 0.385. The Morgan fingerprint density at radius 1 is 1.52 bits per heavy atom. The van der Waals surface area contributed by atoms with Gasteiger partial charge in [0.05, 0.1) is 16.6 Å². The molecule has 0 aliphatic heterocycles. The normalized spacial score (nSPS) is 11.5. The lowest BCUT2D eigenvalue weighted by Crippen LogP contribution is -2.36. The molecule has 1 rings (SSSR count). The summed E-state index contributed by atoms with van der Waals surface area (Å²) < 4.78 is 18.6. The molecule has 1 aromatic rings. The molecule has 0 aliphatic rings. The quantitative estimate of drug-likeness (QED) is 0.335. The topological polar surface area (TPSA) is 88.2 Å². The second kappa shape index (κ2) is 8.58. The molecule has 0 saturated carbocycles. The number of carbonyl (C=O) groups excluding carboxylic acids is 1. The smallest absolute Gasteiger partial charge is 0.255 e. The van der Waals surface area contributed by atoms with Gasteiger partial charge in [-0.1, -0.05) is 11.2 Å². The number of hydrogen-bond acceptors (Lipinski definition) is 4. The van der Waals surface area contributed by atoms with Gasteiger partial charge in [-0.3, -0.25) is 4.79 Å². The van der Waals surface area contributed by atoms with Crippen molar-refractivity contribution in [3.05, 3.63) is 34.1 Å². The van der Waals surface area contributed by atoms with E-state index < -0.39 is 5.82 Å². The van der Waals surface area contributed by atoms with Gasteiger partial charge in [-0.25, -0.2) is 4.39 Å². The SMILES string of the molecule is COCCN(CC/C(N)=N/O)C(=O)c1cccc(F)c1Br. The van der Waals surface area contributed by atoms with Gasteiger partial charge in [0.15, 0.2) is 0 Å². The van der Waals surface area contributed by atoms with Crippen LogP contribution in [0.3, 0.4) is 0 Å². The molecule has 0 saturated heterocycles. The Morgan fingerprint density at radius 2 is 2.24 bits per heavy atom. The third kappa shape index (κ3) is 4.98. The number of methoxy groups -OCH3 is 1. The minimum atomic E-state index is -0.510. The summed E-state index contributed by atoms with van der Waals surface area (Å²) in [5, 5.41) is 11.4. The molecule has 0 spiro atoms. The summed E-state index contributed by atoms with van der Waals surface area (Å²) in [6, 6.07) is 4.25. The van der Waals surface area contributed by atoms with E-state index in [1.165, 1.54) is 30.2 Å². The molecule has 116 valence electrons. The number of nitrogens with zero attached hydrogens (tertiary/aromatic N) is 2. The maximum Gasteiger partial charge on any atom is 0.255 e. The highest BCUT2D eigenvalue weighted by Gasteiger charge is 2.19. The van der Waals surface area contributed by atoms with E-state index in [0.29, 0.717) is 13.2 Å². The minimum absolute atomic E-state index is 0.0172. The van der Waals surface area contributed by atoms with Crippen molar-refractivity contribution in [2.75, 3.05) is 26.8 Å². The Morgan fingerprint density at radius 3 is 2.86 bits per heavy atom. The molecule has 0 unspecified atom stereocenters. The van der Waals surface area contributed by atoms with Crippen molar-refractivity contribution in [1.82, 2.24) is 4.90 Å². The summed E-state index contributed by atoms with van der Waals surface area (Å²) in [7, 11) is 1.52. The second-order valence-corrected chi connectivity index (χ2v) is 5.02. The van der Waals surface area contributed by atoms with Gasteiger partial charge in [0.25, 0.3) is 5.91 Å². The van der Waals surface area contributed by atoms with Crippen molar-refractivity contribution >= 4 is 27.7 Å². The molecule has 1 amide bonds. The number of hydrogen-bond donors (Lipinski definition) is 2. The van der Waals surface area contributed by atoms with Gasteiger partial charge in [-0.2, -0.15) is 0 Å². The molecule has 0 aliphatic carbocycles. The first-order valence-corrected chi connectivity index (χ1v) is 6.99. The number of amidine groups is 1. The zero-order chi connectivity index (χ0) is 15.8. The number of rotatable bonds is 7. The highest BCUT2D eigenvalue weighted by Crippen LogP contribution is 2.22. The van der Waals surface area contributed by atoms with Gasteiger partial charge < -0.3 is 20.6 Å². The predicted octanol–water partition coefficient (Wildman–Crippen LogP) is 1.81. The van der Waals surface area contributed by atoms with Crippen LogP contribution in [0.15, 0.2) is 27.8 Å². The van der Waals surface area contributed by atoms with Gasteiger partial charge in [0.2, 0.25) is 0 Å². The first kappa shape index (κ1) is 17.4. The highest BCUT2D eigenvalue weighted by atomic mass is 79.9. The lowest BCUT2D eigenvalue weighted by molar-refractivity contribution is 0.0699. The standard InChI is InChI=1S/C13H17BrFN3O3/c1-21-8-7-18(6-5-11(16)17-20)13(19)9-3-2-4-10(15)12(9)14/h2-4,20H,5-8H2,1H3,(H2,16,17). The van der Waals surface area contributed by atoms with Gasteiger partial charge in [0, 0.05) is 26.6 Å². The van der Waals surface area contributed by atoms with Gasteiger partial charge in [0.1, 0.15) is 11.7 Å². The Bertz CT molecular complexity index is 525. The summed E-state index contributed by atoms with van der Waals surface area (Å²) >= 11 is 3.07. The van der Waals surface area contributed by atoms with E-state index in [0.717, 1.165) is 0 Å². The van der Waals surface area contributed by atoms with Crippen molar-refractivity contribution in [3.63, 3.8) is 0 Å². The largest absolute Gasteiger partial charge is 0.409 e. The Balaban J connectivity index is 2.90. The van der Waals surface area contributed by atoms with Crippen molar-refractivity contribution in [2.45, 2.75) is 6.42 Å². The van der Waals surface area contributed by atoms with E-state index in [4.69, 9.17) is 15.7 Å². The summed E-state index contributed by atoms with van der Waals surface area (Å²) in [4.78, 5) is 13.9. The third-order valence-electron chi connectivity index (χ3n) is 2.80. The third-order valence-corrected chi connectivity index (χ3v) is 3.61. The van der Waals surface area contributed by atoms with E-state index in [1.54, 1.807) is 0 Å². The molecular formula is C13H17BrFN3O3. The average molecular weight is 362 g/mol. The number of benzene rings is 1. The number of ether oxygens (including phenoxy) is 1. The molecule has 21 heavy (non-hydrogen) atoms. The van der Waals surface area contributed by atoms with Crippen LogP contribution in [0.4, 0.5) is 4.39 Å². The van der Waals surface area contributed by atoms with Crippen LogP contribution < -0.4 is 5.73 Å². The minimum Gasteiger partial charge on any atom is -0.409 e. The van der Waals surface area contributed by atoms with E-state index in [2.05, 4.69) is 21.1 Å². The van der Waals surface area contributed by atoms with E-state index in [-0.39, 0.29) is 34.7 Å². The molecular weight excluding hydrogens is 345 g/mol. The van der Waals surface area contributed by atoms with Crippen molar-refractivity contribution < 1.29 is 19.1 Å². The van der Waals surface area contributed by atoms with Crippen molar-refractivity contribution in [2.24, 2.45) is 10.9 Å². The molecule has 0 heterocycles. The van der Waals surface area contributed by atoms with E-state index in [9.17, 15) is 9.18 Å². The van der Waals surface area contributed by atoms with Gasteiger partial charge in [-0.05, 0) is 28.1 Å². The van der Waals surface area contributed by atoms with E-state index >= 15 is 0 Å². The van der Waals surface area contributed by atoms with Crippen molar-refractivity contribution in [1.29, 1.82) is 0 Å². The Kier molecular flexibility index (Phi) is 7.10. The van der Waals surface area contributed by atoms with E-state index in [1.807, 2.05) is 0 Å². The van der Waals surface area contributed by atoms with Crippen LogP contribution in [0.2, 0.25) is 0 Å². The van der Waals surface area contributed by atoms with Crippen LogP contribution in [0, 0.1) is 5.82 Å². The van der Waals surface area contributed by atoms with Crippen LogP contribution in [-0.2, 0) is 4.74 Å². The number of carbonyl (C=O) groups is 1. The highest BCUT2D eigenvalue weighted by molar-refractivity contribution is 9.10. The maximum absolute atomic E-state index is 13.5. The number of nitrogens with two attached hydrogens (primary N) is 1. The number of halogens is 2. The first-order valence-electron chi connectivity index (χ1n) is 6.19. The molecule has 0 atom stereocenters. The van der Waals surface area contributed by atoms with Gasteiger partial charge >= 0.3 is 0 Å². The molecule has 0 aromatic heterocycles. The van der Waals surface area contributed by atoms with Crippen molar-refractivity contribution in [3.8, 4) is 0 Å². The summed E-state index contributed by atoms with van der Waals surface area (Å²) in [6.07, 6.45) is 0.207. The maximum atomic E-state index is 13.5. The average Bonchev–Trinajstić information content (AvgIpc) is 2.49. The van der Waals surface area contributed by atoms with Gasteiger partial charge in [-0.15, -0.1) is 0 Å². The van der Waals surface area contributed by atoms with Crippen LogP contribution >= 0.6 is 15.9 Å². The molecule has 0 fully saturated rings. The zero-order valence-corrected chi connectivity index (χ0v) is 13.1.